The number of pyridine rings is 1. The highest BCUT2D eigenvalue weighted by molar-refractivity contribution is 6.35. The monoisotopic (exact) mass is 533 g/mol. The van der Waals surface area contributed by atoms with E-state index in [-0.39, 0.29) is 30.3 Å². The summed E-state index contributed by atoms with van der Waals surface area (Å²) in [4.78, 5) is 34.4. The lowest BCUT2D eigenvalue weighted by Crippen LogP contribution is -2.51. The van der Waals surface area contributed by atoms with Crippen LogP contribution in [-0.2, 0) is 16.0 Å². The van der Waals surface area contributed by atoms with Gasteiger partial charge in [-0.25, -0.2) is 4.98 Å². The first-order valence-corrected chi connectivity index (χ1v) is 13.3. The summed E-state index contributed by atoms with van der Waals surface area (Å²) in [5.41, 5.74) is 1.94. The van der Waals surface area contributed by atoms with Gasteiger partial charge in [-0.2, -0.15) is 0 Å². The third-order valence-electron chi connectivity index (χ3n) is 6.43. The zero-order chi connectivity index (χ0) is 26.2. The minimum Gasteiger partial charge on any atom is -0.353 e. The van der Waals surface area contributed by atoms with E-state index >= 15 is 0 Å². The molecule has 1 aliphatic heterocycles. The second kappa shape index (κ2) is 13.3. The average Bonchev–Trinajstić information content (AvgIpc) is 2.85. The Kier molecular flexibility index (Phi) is 10.4. The van der Waals surface area contributed by atoms with Crippen molar-refractivity contribution in [1.29, 1.82) is 0 Å². The number of carbonyl (C=O) groups is 2. The highest BCUT2D eigenvalue weighted by Gasteiger charge is 2.28. The van der Waals surface area contributed by atoms with Crippen LogP contribution in [0, 0.1) is 11.8 Å². The van der Waals surface area contributed by atoms with Crippen molar-refractivity contribution in [1.82, 2.24) is 20.5 Å². The number of rotatable bonds is 10. The molecule has 1 aromatic carbocycles. The molecule has 0 aliphatic carbocycles. The molecule has 0 saturated carbocycles. The first-order chi connectivity index (χ1) is 17.2. The summed E-state index contributed by atoms with van der Waals surface area (Å²) in [6.07, 6.45) is 3.18. The molecule has 9 heteroatoms. The quantitative estimate of drug-likeness (QED) is 0.475. The molecule has 2 heterocycles. The van der Waals surface area contributed by atoms with Crippen LogP contribution in [0.3, 0.4) is 0 Å². The SMILES string of the molecule is CNCC(=O)NC(CC(C)C)c1cccnc1N1CCN(C(=O)C(C)Cc2ccc(Cl)cc2Cl)CC1. The molecule has 7 nitrogen and oxygen atoms in total. The fraction of sp³-hybridized carbons (Fsp3) is 0.519. The number of hydrogen-bond donors (Lipinski definition) is 2. The molecule has 2 aromatic rings. The van der Waals surface area contributed by atoms with Crippen molar-refractivity contribution in [3.8, 4) is 0 Å². The van der Waals surface area contributed by atoms with Gasteiger partial charge < -0.3 is 20.4 Å². The van der Waals surface area contributed by atoms with Crippen LogP contribution < -0.4 is 15.5 Å². The van der Waals surface area contributed by atoms with Crippen molar-refractivity contribution in [2.45, 2.75) is 39.7 Å². The molecule has 2 unspecified atom stereocenters. The molecule has 0 spiro atoms. The smallest absolute Gasteiger partial charge is 0.234 e. The second-order valence-corrected chi connectivity index (χ2v) is 10.7. The van der Waals surface area contributed by atoms with E-state index in [2.05, 4.69) is 29.4 Å². The van der Waals surface area contributed by atoms with Crippen molar-refractivity contribution >= 4 is 40.8 Å². The van der Waals surface area contributed by atoms with E-state index in [1.54, 1.807) is 25.4 Å². The summed E-state index contributed by atoms with van der Waals surface area (Å²) < 4.78 is 0. The predicted molar refractivity (Wildman–Crippen MR) is 147 cm³/mol. The van der Waals surface area contributed by atoms with Crippen LogP contribution in [0.5, 0.6) is 0 Å². The Hall–Kier alpha value is -2.35. The largest absolute Gasteiger partial charge is 0.353 e. The number of benzene rings is 1. The minimum absolute atomic E-state index is 0.0388. The normalized spacial score (nSPS) is 15.6. The zero-order valence-corrected chi connectivity index (χ0v) is 23.1. The fourth-order valence-electron chi connectivity index (χ4n) is 4.64. The molecule has 1 saturated heterocycles. The highest BCUT2D eigenvalue weighted by Crippen LogP contribution is 2.30. The lowest BCUT2D eigenvalue weighted by atomic mass is 9.96. The molecule has 1 fully saturated rings. The summed E-state index contributed by atoms with van der Waals surface area (Å²) in [6, 6.07) is 9.24. The predicted octanol–water partition coefficient (Wildman–Crippen LogP) is 4.34. The number of nitrogens with one attached hydrogen (secondary N) is 2. The van der Waals surface area contributed by atoms with Crippen LogP contribution in [0.2, 0.25) is 10.0 Å². The van der Waals surface area contributed by atoms with Gasteiger partial charge in [0.05, 0.1) is 12.6 Å². The summed E-state index contributed by atoms with van der Waals surface area (Å²) in [5.74, 6) is 1.18. The average molecular weight is 535 g/mol. The van der Waals surface area contributed by atoms with E-state index in [0.29, 0.717) is 48.6 Å². The van der Waals surface area contributed by atoms with E-state index in [1.165, 1.54) is 0 Å². The number of likely N-dealkylation sites (N-methyl/N-ethyl adjacent to an activating group) is 1. The summed E-state index contributed by atoms with van der Waals surface area (Å²) in [6.45, 7) is 9.12. The van der Waals surface area contributed by atoms with Gasteiger partial charge in [-0.05, 0) is 49.6 Å². The maximum absolute atomic E-state index is 13.2. The number of anilines is 1. The molecule has 1 aliphatic rings. The molecule has 196 valence electrons. The van der Waals surface area contributed by atoms with Gasteiger partial charge in [0.15, 0.2) is 0 Å². The number of hydrogen-bond acceptors (Lipinski definition) is 5. The van der Waals surface area contributed by atoms with E-state index < -0.39 is 0 Å². The van der Waals surface area contributed by atoms with E-state index in [4.69, 9.17) is 28.2 Å². The number of aromatic nitrogens is 1. The van der Waals surface area contributed by atoms with Gasteiger partial charge in [-0.3, -0.25) is 9.59 Å². The van der Waals surface area contributed by atoms with Gasteiger partial charge in [0.25, 0.3) is 0 Å². The zero-order valence-electron chi connectivity index (χ0n) is 21.6. The Morgan fingerprint density at radius 1 is 1.08 bits per heavy atom. The molecule has 2 N–H and O–H groups in total. The van der Waals surface area contributed by atoms with Crippen molar-refractivity contribution in [3.63, 3.8) is 0 Å². The van der Waals surface area contributed by atoms with Crippen molar-refractivity contribution in [3.05, 3.63) is 57.7 Å². The van der Waals surface area contributed by atoms with Gasteiger partial charge in [0.1, 0.15) is 5.82 Å². The van der Waals surface area contributed by atoms with Crippen molar-refractivity contribution in [2.24, 2.45) is 11.8 Å². The maximum atomic E-state index is 13.2. The van der Waals surface area contributed by atoms with Crippen LogP contribution in [0.4, 0.5) is 5.82 Å². The fourth-order valence-corrected chi connectivity index (χ4v) is 5.13. The standard InChI is InChI=1S/C27H37Cl2N5O2/c1-18(2)14-24(32-25(35)17-30-4)22-6-5-9-31-26(22)33-10-12-34(13-11-33)27(36)19(3)15-20-7-8-21(28)16-23(20)29/h5-9,16,18-19,24,30H,10-15,17H2,1-4H3,(H,32,35). The van der Waals surface area contributed by atoms with Gasteiger partial charge in [-0.15, -0.1) is 0 Å². The molecule has 2 amide bonds. The Morgan fingerprint density at radius 3 is 2.44 bits per heavy atom. The Labute approximate surface area is 224 Å². The summed E-state index contributed by atoms with van der Waals surface area (Å²) in [5, 5.41) is 7.26. The maximum Gasteiger partial charge on any atom is 0.234 e. The third-order valence-corrected chi connectivity index (χ3v) is 7.01. The molecule has 2 atom stereocenters. The molecular weight excluding hydrogens is 497 g/mol. The van der Waals surface area contributed by atoms with Gasteiger partial charge in [0.2, 0.25) is 11.8 Å². The molecule has 1 aromatic heterocycles. The van der Waals surface area contributed by atoms with Crippen molar-refractivity contribution in [2.75, 3.05) is 44.7 Å². The number of piperazine rings is 1. The van der Waals surface area contributed by atoms with E-state index in [0.717, 1.165) is 23.4 Å². The van der Waals surface area contributed by atoms with Crippen molar-refractivity contribution < 1.29 is 9.59 Å². The first kappa shape index (κ1) is 28.2. The second-order valence-electron chi connectivity index (χ2n) is 9.85. The van der Waals surface area contributed by atoms with Gasteiger partial charge in [0, 0.05) is 53.9 Å². The van der Waals surface area contributed by atoms with Crippen LogP contribution in [0.1, 0.15) is 44.4 Å². The van der Waals surface area contributed by atoms with Crippen LogP contribution >= 0.6 is 23.2 Å². The lowest BCUT2D eigenvalue weighted by Gasteiger charge is -2.38. The van der Waals surface area contributed by atoms with Crippen LogP contribution in [-0.4, -0.2) is 61.5 Å². The third kappa shape index (κ3) is 7.58. The Morgan fingerprint density at radius 2 is 1.81 bits per heavy atom. The summed E-state index contributed by atoms with van der Waals surface area (Å²) in [7, 11) is 1.76. The minimum atomic E-state index is -0.182. The molecule has 0 radical (unpaired) electrons. The number of carbonyl (C=O) groups excluding carboxylic acids is 2. The Bertz CT molecular complexity index is 1040. The molecule has 3 rings (SSSR count). The molecule has 36 heavy (non-hydrogen) atoms. The topological polar surface area (TPSA) is 77.6 Å². The number of halogens is 2. The van der Waals surface area contributed by atoms with Gasteiger partial charge >= 0.3 is 0 Å². The van der Waals surface area contributed by atoms with Gasteiger partial charge in [-0.1, -0.05) is 56.1 Å². The first-order valence-electron chi connectivity index (χ1n) is 12.6. The molecule has 0 bridgehead atoms. The van der Waals surface area contributed by atoms with E-state index in [9.17, 15) is 9.59 Å². The van der Waals surface area contributed by atoms with Crippen LogP contribution in [0.25, 0.3) is 0 Å². The Balaban J connectivity index is 1.67. The number of nitrogens with zero attached hydrogens (tertiary/aromatic N) is 3. The number of amides is 2. The lowest BCUT2D eigenvalue weighted by molar-refractivity contribution is -0.135. The van der Waals surface area contributed by atoms with E-state index in [1.807, 2.05) is 30.0 Å². The highest BCUT2D eigenvalue weighted by atomic mass is 35.5. The molecular formula is C27H37Cl2N5O2. The van der Waals surface area contributed by atoms with Crippen LogP contribution in [0.15, 0.2) is 36.5 Å². The summed E-state index contributed by atoms with van der Waals surface area (Å²) >= 11 is 12.3.